The SMILES string of the molecule is COc1ccc(OC)c(NCCC(=O)NC(C)c2ccccc2)c1. The molecule has 0 aliphatic heterocycles. The molecule has 0 bridgehead atoms. The van der Waals surface area contributed by atoms with Crippen molar-refractivity contribution in [3.05, 3.63) is 54.1 Å². The Morgan fingerprint density at radius 1 is 1.08 bits per heavy atom. The summed E-state index contributed by atoms with van der Waals surface area (Å²) in [6.45, 7) is 2.49. The summed E-state index contributed by atoms with van der Waals surface area (Å²) in [5.74, 6) is 1.45. The van der Waals surface area contributed by atoms with E-state index in [9.17, 15) is 4.79 Å². The molecule has 2 aromatic carbocycles. The van der Waals surface area contributed by atoms with E-state index in [1.54, 1.807) is 14.2 Å². The molecule has 0 saturated carbocycles. The summed E-state index contributed by atoms with van der Waals surface area (Å²) in [6.07, 6.45) is 0.373. The fourth-order valence-electron chi connectivity index (χ4n) is 2.40. The Hall–Kier alpha value is -2.69. The molecule has 1 amide bonds. The number of hydrogen-bond acceptors (Lipinski definition) is 4. The van der Waals surface area contributed by atoms with Gasteiger partial charge in [-0.1, -0.05) is 30.3 Å². The van der Waals surface area contributed by atoms with Crippen molar-refractivity contribution < 1.29 is 14.3 Å². The molecule has 2 aromatic rings. The second kappa shape index (κ2) is 8.82. The topological polar surface area (TPSA) is 59.6 Å². The van der Waals surface area contributed by atoms with Gasteiger partial charge in [0.2, 0.25) is 5.91 Å². The molecule has 5 nitrogen and oxygen atoms in total. The van der Waals surface area contributed by atoms with E-state index in [4.69, 9.17) is 9.47 Å². The summed E-state index contributed by atoms with van der Waals surface area (Å²) in [4.78, 5) is 12.1. The minimum absolute atomic E-state index is 0.000663. The fourth-order valence-corrected chi connectivity index (χ4v) is 2.40. The Morgan fingerprint density at radius 2 is 1.83 bits per heavy atom. The van der Waals surface area contributed by atoms with E-state index in [2.05, 4.69) is 10.6 Å². The molecule has 128 valence electrons. The molecule has 0 saturated heterocycles. The Labute approximate surface area is 143 Å². The lowest BCUT2D eigenvalue weighted by molar-refractivity contribution is -0.121. The number of methoxy groups -OCH3 is 2. The minimum atomic E-state index is -0.00921. The van der Waals surface area contributed by atoms with E-state index in [1.807, 2.05) is 55.5 Å². The molecule has 5 heteroatoms. The van der Waals surface area contributed by atoms with Crippen LogP contribution in [0, 0.1) is 0 Å². The van der Waals surface area contributed by atoms with Crippen LogP contribution in [0.1, 0.15) is 24.9 Å². The standard InChI is InChI=1S/C19H24N2O3/c1-14(15-7-5-4-6-8-15)21-19(22)11-12-20-17-13-16(23-2)9-10-18(17)24-3/h4-10,13-14,20H,11-12H2,1-3H3,(H,21,22). The zero-order chi connectivity index (χ0) is 17.4. The molecule has 0 heterocycles. The third-order valence-electron chi connectivity index (χ3n) is 3.75. The molecule has 0 aliphatic carbocycles. The third kappa shape index (κ3) is 4.91. The van der Waals surface area contributed by atoms with Gasteiger partial charge >= 0.3 is 0 Å². The quantitative estimate of drug-likeness (QED) is 0.780. The number of carbonyl (C=O) groups is 1. The largest absolute Gasteiger partial charge is 0.497 e. The Balaban J connectivity index is 1.84. The van der Waals surface area contributed by atoms with E-state index in [-0.39, 0.29) is 11.9 Å². The van der Waals surface area contributed by atoms with Crippen molar-refractivity contribution in [3.8, 4) is 11.5 Å². The smallest absolute Gasteiger partial charge is 0.222 e. The molecular weight excluding hydrogens is 304 g/mol. The zero-order valence-electron chi connectivity index (χ0n) is 14.3. The van der Waals surface area contributed by atoms with Crippen molar-refractivity contribution in [2.24, 2.45) is 0 Å². The molecule has 1 atom stereocenters. The molecule has 1 unspecified atom stereocenters. The molecule has 0 fully saturated rings. The monoisotopic (exact) mass is 328 g/mol. The Kier molecular flexibility index (Phi) is 6.49. The molecule has 2 N–H and O–H groups in total. The van der Waals surface area contributed by atoms with Gasteiger partial charge in [-0.25, -0.2) is 0 Å². The molecule has 2 rings (SSSR count). The fraction of sp³-hybridized carbons (Fsp3) is 0.316. The highest BCUT2D eigenvalue weighted by molar-refractivity contribution is 5.77. The van der Waals surface area contributed by atoms with Crippen molar-refractivity contribution in [1.82, 2.24) is 5.32 Å². The first-order chi connectivity index (χ1) is 11.6. The Bertz CT molecular complexity index is 659. The number of anilines is 1. The summed E-state index contributed by atoms with van der Waals surface area (Å²) >= 11 is 0. The lowest BCUT2D eigenvalue weighted by atomic mass is 10.1. The molecule has 0 aromatic heterocycles. The maximum Gasteiger partial charge on any atom is 0.222 e. The maximum absolute atomic E-state index is 12.1. The first-order valence-corrected chi connectivity index (χ1v) is 7.94. The van der Waals surface area contributed by atoms with Gasteiger partial charge in [0.25, 0.3) is 0 Å². The van der Waals surface area contributed by atoms with Crippen molar-refractivity contribution in [2.45, 2.75) is 19.4 Å². The van der Waals surface area contributed by atoms with Crippen LogP contribution in [-0.4, -0.2) is 26.7 Å². The van der Waals surface area contributed by atoms with Crippen LogP contribution in [0.15, 0.2) is 48.5 Å². The van der Waals surface area contributed by atoms with Gasteiger partial charge in [0.05, 0.1) is 25.9 Å². The van der Waals surface area contributed by atoms with E-state index in [0.717, 1.165) is 17.0 Å². The van der Waals surface area contributed by atoms with Gasteiger partial charge in [-0.05, 0) is 24.6 Å². The van der Waals surface area contributed by atoms with Gasteiger partial charge in [-0.3, -0.25) is 4.79 Å². The number of carbonyl (C=O) groups excluding carboxylic acids is 1. The second-order valence-corrected chi connectivity index (χ2v) is 5.44. The van der Waals surface area contributed by atoms with Gasteiger partial charge in [0.15, 0.2) is 0 Å². The first-order valence-electron chi connectivity index (χ1n) is 7.94. The van der Waals surface area contributed by atoms with Crippen LogP contribution in [0.4, 0.5) is 5.69 Å². The number of nitrogens with one attached hydrogen (secondary N) is 2. The Morgan fingerprint density at radius 3 is 2.50 bits per heavy atom. The van der Waals surface area contributed by atoms with Crippen LogP contribution in [0.25, 0.3) is 0 Å². The molecule has 0 aliphatic rings. The lowest BCUT2D eigenvalue weighted by Crippen LogP contribution is -2.28. The number of rotatable bonds is 8. The van der Waals surface area contributed by atoms with E-state index in [0.29, 0.717) is 18.7 Å². The molecule has 0 radical (unpaired) electrons. The number of hydrogen-bond donors (Lipinski definition) is 2. The second-order valence-electron chi connectivity index (χ2n) is 5.44. The normalized spacial score (nSPS) is 11.5. The van der Waals surface area contributed by atoms with Crippen molar-refractivity contribution >= 4 is 11.6 Å². The summed E-state index contributed by atoms with van der Waals surface area (Å²) in [5.41, 5.74) is 1.90. The minimum Gasteiger partial charge on any atom is -0.497 e. The highest BCUT2D eigenvalue weighted by Crippen LogP contribution is 2.28. The summed E-state index contributed by atoms with van der Waals surface area (Å²) < 4.78 is 10.5. The average Bonchev–Trinajstić information content (AvgIpc) is 2.62. The van der Waals surface area contributed by atoms with Crippen LogP contribution >= 0.6 is 0 Å². The predicted octanol–water partition coefficient (Wildman–Crippen LogP) is 3.38. The molecular formula is C19H24N2O3. The summed E-state index contributed by atoms with van der Waals surface area (Å²) in [7, 11) is 3.23. The van der Waals surface area contributed by atoms with Crippen LogP contribution in [0.5, 0.6) is 11.5 Å². The number of benzene rings is 2. The lowest BCUT2D eigenvalue weighted by Gasteiger charge is -2.15. The van der Waals surface area contributed by atoms with Gasteiger partial charge in [-0.2, -0.15) is 0 Å². The van der Waals surface area contributed by atoms with Crippen molar-refractivity contribution in [2.75, 3.05) is 26.1 Å². The number of amides is 1. The third-order valence-corrected chi connectivity index (χ3v) is 3.75. The van der Waals surface area contributed by atoms with E-state index < -0.39 is 0 Å². The summed E-state index contributed by atoms with van der Waals surface area (Å²) in [6, 6.07) is 15.4. The van der Waals surface area contributed by atoms with Crippen LogP contribution in [0.3, 0.4) is 0 Å². The van der Waals surface area contributed by atoms with Crippen LogP contribution in [0.2, 0.25) is 0 Å². The average molecular weight is 328 g/mol. The predicted molar refractivity (Wildman–Crippen MR) is 95.7 cm³/mol. The van der Waals surface area contributed by atoms with Gasteiger partial charge in [-0.15, -0.1) is 0 Å². The van der Waals surface area contributed by atoms with E-state index >= 15 is 0 Å². The van der Waals surface area contributed by atoms with E-state index in [1.165, 1.54) is 0 Å². The molecule has 0 spiro atoms. The first kappa shape index (κ1) is 17.7. The van der Waals surface area contributed by atoms with Gasteiger partial charge < -0.3 is 20.1 Å². The molecule has 24 heavy (non-hydrogen) atoms. The van der Waals surface area contributed by atoms with Crippen molar-refractivity contribution in [1.29, 1.82) is 0 Å². The summed E-state index contributed by atoms with van der Waals surface area (Å²) in [5, 5.41) is 6.22. The van der Waals surface area contributed by atoms with Crippen LogP contribution in [-0.2, 0) is 4.79 Å². The van der Waals surface area contributed by atoms with Gasteiger partial charge in [0, 0.05) is 19.0 Å². The number of ether oxygens (including phenoxy) is 2. The highest BCUT2D eigenvalue weighted by Gasteiger charge is 2.10. The zero-order valence-corrected chi connectivity index (χ0v) is 14.3. The van der Waals surface area contributed by atoms with Gasteiger partial charge in [0.1, 0.15) is 11.5 Å². The van der Waals surface area contributed by atoms with Crippen LogP contribution < -0.4 is 20.1 Å². The van der Waals surface area contributed by atoms with Crippen molar-refractivity contribution in [3.63, 3.8) is 0 Å². The highest BCUT2D eigenvalue weighted by atomic mass is 16.5. The maximum atomic E-state index is 12.1.